The minimum absolute atomic E-state index is 0.103. The van der Waals surface area contributed by atoms with Crippen LogP contribution in [0.2, 0.25) is 0 Å². The Morgan fingerprint density at radius 1 is 0.545 bits per heavy atom. The summed E-state index contributed by atoms with van der Waals surface area (Å²) in [6, 6.07) is 0. The van der Waals surface area contributed by atoms with Crippen LogP contribution in [-0.2, 0) is 33.3 Å². The molecule has 3 aliphatic carbocycles. The second-order valence-electron chi connectivity index (χ2n) is 13.6. The zero-order chi connectivity index (χ0) is 31.9. The number of hydrogen-bond donors (Lipinski definition) is 1. The van der Waals surface area contributed by atoms with Gasteiger partial charge in [-0.05, 0) is 120 Å². The molecule has 0 aromatic heterocycles. The van der Waals surface area contributed by atoms with E-state index in [9.17, 15) is 19.2 Å². The first-order valence-electron chi connectivity index (χ1n) is 16.8. The SMILES string of the molecule is C=C(C)C(=O)OCC1CCC(COC(=O)CCC2CCC(CNC(=O)OCC3CCC(COC(=O)C(=C)C)CC3)CC2)CC1. The Balaban J connectivity index is 1.16. The first-order valence-corrected chi connectivity index (χ1v) is 16.8. The first kappa shape index (κ1) is 35.6. The Hall–Kier alpha value is -2.84. The van der Waals surface area contributed by atoms with Gasteiger partial charge in [0.25, 0.3) is 0 Å². The van der Waals surface area contributed by atoms with Gasteiger partial charge in [0, 0.05) is 24.1 Å². The van der Waals surface area contributed by atoms with Crippen LogP contribution in [0.15, 0.2) is 24.3 Å². The molecule has 0 aromatic carbocycles. The summed E-state index contributed by atoms with van der Waals surface area (Å²) in [4.78, 5) is 47.8. The molecule has 9 nitrogen and oxygen atoms in total. The average molecular weight is 618 g/mol. The summed E-state index contributed by atoms with van der Waals surface area (Å²) in [6.45, 7) is 13.0. The molecule has 0 saturated heterocycles. The van der Waals surface area contributed by atoms with Crippen molar-refractivity contribution < 1.29 is 38.1 Å². The molecule has 44 heavy (non-hydrogen) atoms. The van der Waals surface area contributed by atoms with Crippen LogP contribution < -0.4 is 5.32 Å². The summed E-state index contributed by atoms with van der Waals surface area (Å²) in [5, 5.41) is 2.95. The van der Waals surface area contributed by atoms with Crippen molar-refractivity contribution in [2.75, 3.05) is 33.0 Å². The number of hydrogen-bond acceptors (Lipinski definition) is 8. The summed E-state index contributed by atoms with van der Waals surface area (Å²) in [7, 11) is 0. The fourth-order valence-corrected chi connectivity index (χ4v) is 6.56. The van der Waals surface area contributed by atoms with E-state index in [-0.39, 0.29) is 24.0 Å². The van der Waals surface area contributed by atoms with Gasteiger partial charge in [-0.25, -0.2) is 14.4 Å². The van der Waals surface area contributed by atoms with Crippen molar-refractivity contribution in [2.24, 2.45) is 35.5 Å². The molecule has 3 fully saturated rings. The summed E-state index contributed by atoms with van der Waals surface area (Å²) >= 11 is 0. The number of rotatable bonds is 15. The van der Waals surface area contributed by atoms with Gasteiger partial charge in [-0.15, -0.1) is 0 Å². The van der Waals surface area contributed by atoms with E-state index in [2.05, 4.69) is 18.5 Å². The highest BCUT2D eigenvalue weighted by Gasteiger charge is 2.26. The zero-order valence-corrected chi connectivity index (χ0v) is 27.1. The maximum Gasteiger partial charge on any atom is 0.407 e. The largest absolute Gasteiger partial charge is 0.465 e. The Labute approximate surface area is 263 Å². The number of ether oxygens (including phenoxy) is 4. The molecule has 0 aliphatic heterocycles. The zero-order valence-electron chi connectivity index (χ0n) is 27.1. The lowest BCUT2D eigenvalue weighted by atomic mass is 9.80. The van der Waals surface area contributed by atoms with Gasteiger partial charge in [0.2, 0.25) is 0 Å². The van der Waals surface area contributed by atoms with Crippen LogP contribution in [0.4, 0.5) is 4.79 Å². The van der Waals surface area contributed by atoms with Crippen molar-refractivity contribution in [3.8, 4) is 0 Å². The normalized spacial score (nSPS) is 27.0. The Morgan fingerprint density at radius 2 is 0.909 bits per heavy atom. The predicted molar refractivity (Wildman–Crippen MR) is 167 cm³/mol. The van der Waals surface area contributed by atoms with Gasteiger partial charge in [0.05, 0.1) is 26.4 Å². The maximum absolute atomic E-state index is 12.4. The molecule has 0 atom stereocenters. The second kappa shape index (κ2) is 18.8. The van der Waals surface area contributed by atoms with Crippen molar-refractivity contribution >= 4 is 24.0 Å². The van der Waals surface area contributed by atoms with Crippen molar-refractivity contribution in [1.29, 1.82) is 0 Å². The van der Waals surface area contributed by atoms with Crippen LogP contribution in [0.25, 0.3) is 0 Å². The third-order valence-corrected chi connectivity index (χ3v) is 9.72. The molecule has 1 N–H and O–H groups in total. The number of amides is 1. The summed E-state index contributed by atoms with van der Waals surface area (Å²) in [5.41, 5.74) is 0.852. The smallest absolute Gasteiger partial charge is 0.407 e. The van der Waals surface area contributed by atoms with E-state index in [0.717, 1.165) is 83.5 Å². The molecule has 0 spiro atoms. The second-order valence-corrected chi connectivity index (χ2v) is 13.6. The first-order chi connectivity index (χ1) is 21.1. The molecule has 0 aromatic rings. The highest BCUT2D eigenvalue weighted by molar-refractivity contribution is 5.87. The maximum atomic E-state index is 12.4. The van der Waals surface area contributed by atoms with Gasteiger partial charge < -0.3 is 24.3 Å². The average Bonchev–Trinajstić information content (AvgIpc) is 3.03. The molecule has 0 heterocycles. The van der Waals surface area contributed by atoms with E-state index in [1.54, 1.807) is 13.8 Å². The molecule has 3 aliphatic rings. The number of carbonyl (C=O) groups excluding carboxylic acids is 4. The van der Waals surface area contributed by atoms with E-state index in [1.807, 2.05) is 0 Å². The summed E-state index contributed by atoms with van der Waals surface area (Å²) in [5.74, 6) is 1.72. The lowest BCUT2D eigenvalue weighted by Crippen LogP contribution is -2.33. The van der Waals surface area contributed by atoms with E-state index in [0.29, 0.717) is 86.0 Å². The number of carbonyl (C=O) groups is 4. The molecular weight excluding hydrogens is 562 g/mol. The minimum Gasteiger partial charge on any atom is -0.465 e. The third kappa shape index (κ3) is 13.4. The van der Waals surface area contributed by atoms with Gasteiger partial charge in [-0.2, -0.15) is 0 Å². The van der Waals surface area contributed by atoms with Crippen LogP contribution in [0.1, 0.15) is 104 Å². The van der Waals surface area contributed by atoms with Crippen LogP contribution in [0, 0.1) is 35.5 Å². The Morgan fingerprint density at radius 3 is 1.34 bits per heavy atom. The van der Waals surface area contributed by atoms with Crippen LogP contribution >= 0.6 is 0 Å². The fraction of sp³-hybridized carbons (Fsp3) is 0.771. The number of esters is 3. The van der Waals surface area contributed by atoms with E-state index >= 15 is 0 Å². The van der Waals surface area contributed by atoms with Crippen LogP contribution in [-0.4, -0.2) is 57.0 Å². The highest BCUT2D eigenvalue weighted by Crippen LogP contribution is 2.33. The minimum atomic E-state index is -0.341. The molecule has 1 amide bonds. The van der Waals surface area contributed by atoms with Crippen molar-refractivity contribution in [3.63, 3.8) is 0 Å². The lowest BCUT2D eigenvalue weighted by Gasteiger charge is -2.29. The van der Waals surface area contributed by atoms with E-state index in [4.69, 9.17) is 18.9 Å². The monoisotopic (exact) mass is 617 g/mol. The molecule has 248 valence electrons. The molecular formula is C35H55NO8. The predicted octanol–water partition coefficient (Wildman–Crippen LogP) is 6.69. The van der Waals surface area contributed by atoms with Crippen LogP contribution in [0.3, 0.4) is 0 Å². The molecule has 0 bridgehead atoms. The van der Waals surface area contributed by atoms with Crippen molar-refractivity contribution in [3.05, 3.63) is 24.3 Å². The quantitative estimate of drug-likeness (QED) is 0.123. The van der Waals surface area contributed by atoms with Crippen molar-refractivity contribution in [1.82, 2.24) is 5.32 Å². The Bertz CT molecular complexity index is 891. The molecule has 0 radical (unpaired) electrons. The van der Waals surface area contributed by atoms with Crippen molar-refractivity contribution in [2.45, 2.75) is 104 Å². The summed E-state index contributed by atoms with van der Waals surface area (Å²) < 4.78 is 21.7. The third-order valence-electron chi connectivity index (χ3n) is 9.72. The van der Waals surface area contributed by atoms with Gasteiger partial charge >= 0.3 is 24.0 Å². The molecule has 3 saturated carbocycles. The standard InChI is InChI=1S/C35H55NO8/c1-24(2)33(38)42-21-29-11-9-28(10-12-29)20-41-32(37)18-17-26-5-7-27(8-6-26)19-36-35(40)44-23-31-15-13-30(14-16-31)22-43-34(39)25(3)4/h26-31H,1,3,5-23H2,2,4H3,(H,36,40). The number of nitrogens with one attached hydrogen (secondary N) is 1. The molecule has 0 unspecified atom stereocenters. The lowest BCUT2D eigenvalue weighted by molar-refractivity contribution is -0.146. The van der Waals surface area contributed by atoms with Gasteiger partial charge in [0.1, 0.15) is 0 Å². The summed E-state index contributed by atoms with van der Waals surface area (Å²) in [6.07, 6.45) is 13.1. The van der Waals surface area contributed by atoms with Crippen LogP contribution in [0.5, 0.6) is 0 Å². The van der Waals surface area contributed by atoms with Gasteiger partial charge in [-0.3, -0.25) is 4.79 Å². The van der Waals surface area contributed by atoms with Gasteiger partial charge in [-0.1, -0.05) is 26.0 Å². The number of alkyl carbamates (subject to hydrolysis) is 1. The van der Waals surface area contributed by atoms with E-state index in [1.165, 1.54) is 0 Å². The van der Waals surface area contributed by atoms with E-state index < -0.39 is 0 Å². The fourth-order valence-electron chi connectivity index (χ4n) is 6.56. The molecule has 3 rings (SSSR count). The Kier molecular flexibility index (Phi) is 15.3. The topological polar surface area (TPSA) is 117 Å². The molecule has 9 heteroatoms. The highest BCUT2D eigenvalue weighted by atomic mass is 16.6. The van der Waals surface area contributed by atoms with Gasteiger partial charge in [0.15, 0.2) is 0 Å².